The van der Waals surface area contributed by atoms with Crippen molar-refractivity contribution in [1.82, 2.24) is 5.32 Å². The van der Waals surface area contributed by atoms with Crippen LogP contribution < -0.4 is 5.32 Å². The van der Waals surface area contributed by atoms with Gasteiger partial charge in [-0.15, -0.1) is 0 Å². The van der Waals surface area contributed by atoms with E-state index in [9.17, 15) is 5.11 Å². The van der Waals surface area contributed by atoms with Crippen LogP contribution in [0.4, 0.5) is 0 Å². The average Bonchev–Trinajstić information content (AvgIpc) is 2.49. The summed E-state index contributed by atoms with van der Waals surface area (Å²) in [7, 11) is 0. The molecule has 2 unspecified atom stereocenters. The van der Waals surface area contributed by atoms with E-state index in [2.05, 4.69) is 23.5 Å². The van der Waals surface area contributed by atoms with Crippen molar-refractivity contribution in [2.75, 3.05) is 6.54 Å². The molecule has 0 saturated heterocycles. The monoisotopic (exact) mass is 301 g/mol. The van der Waals surface area contributed by atoms with Crippen molar-refractivity contribution < 1.29 is 5.11 Å². The molecule has 0 bridgehead atoms. The zero-order chi connectivity index (χ0) is 14.9. The van der Waals surface area contributed by atoms with Gasteiger partial charge < -0.3 is 10.4 Å². The van der Waals surface area contributed by atoms with Gasteiger partial charge in [0.2, 0.25) is 0 Å². The minimum atomic E-state index is -0.843. The highest BCUT2D eigenvalue weighted by atomic mass is 35.5. The van der Waals surface area contributed by atoms with Crippen molar-refractivity contribution in [2.45, 2.75) is 31.4 Å². The molecule has 0 saturated carbocycles. The smallest absolute Gasteiger partial charge is 0.0853 e. The Morgan fingerprint density at radius 3 is 2.67 bits per heavy atom. The second-order valence-corrected chi connectivity index (χ2v) is 6.43. The quantitative estimate of drug-likeness (QED) is 0.909. The van der Waals surface area contributed by atoms with Crippen molar-refractivity contribution >= 4 is 11.6 Å². The third-order valence-corrected chi connectivity index (χ3v) is 4.46. The van der Waals surface area contributed by atoms with Gasteiger partial charge in [0.15, 0.2) is 0 Å². The van der Waals surface area contributed by atoms with Crippen LogP contribution in [0, 0.1) is 0 Å². The number of aliphatic hydroxyl groups is 1. The SMILES string of the molecule is CC(O)(Cc1ccc(Cl)cc1)C1NCCc2ccccc21. The van der Waals surface area contributed by atoms with Crippen LogP contribution in [-0.2, 0) is 12.8 Å². The summed E-state index contributed by atoms with van der Waals surface area (Å²) in [6.07, 6.45) is 1.61. The van der Waals surface area contributed by atoms with E-state index in [0.29, 0.717) is 6.42 Å². The zero-order valence-electron chi connectivity index (χ0n) is 12.1. The van der Waals surface area contributed by atoms with Gasteiger partial charge in [-0.05, 0) is 48.7 Å². The summed E-state index contributed by atoms with van der Waals surface area (Å²) in [5.74, 6) is 0. The summed E-state index contributed by atoms with van der Waals surface area (Å²) in [5, 5.41) is 15.2. The summed E-state index contributed by atoms with van der Waals surface area (Å²) >= 11 is 5.92. The first-order chi connectivity index (χ1) is 10.1. The summed E-state index contributed by atoms with van der Waals surface area (Å²) < 4.78 is 0. The molecule has 0 spiro atoms. The van der Waals surface area contributed by atoms with Crippen LogP contribution in [0.15, 0.2) is 48.5 Å². The second kappa shape index (κ2) is 5.80. The van der Waals surface area contributed by atoms with Gasteiger partial charge in [-0.3, -0.25) is 0 Å². The van der Waals surface area contributed by atoms with Crippen LogP contribution >= 0.6 is 11.6 Å². The molecule has 2 aromatic rings. The topological polar surface area (TPSA) is 32.3 Å². The van der Waals surface area contributed by atoms with Crippen LogP contribution in [-0.4, -0.2) is 17.3 Å². The van der Waals surface area contributed by atoms with Crippen LogP contribution in [0.2, 0.25) is 5.02 Å². The maximum absolute atomic E-state index is 11.0. The van der Waals surface area contributed by atoms with E-state index in [-0.39, 0.29) is 6.04 Å². The number of nitrogens with one attached hydrogen (secondary N) is 1. The molecule has 110 valence electrons. The molecule has 0 radical (unpaired) electrons. The van der Waals surface area contributed by atoms with E-state index < -0.39 is 5.60 Å². The Kier molecular flexibility index (Phi) is 4.03. The maximum atomic E-state index is 11.0. The lowest BCUT2D eigenvalue weighted by atomic mass is 9.81. The van der Waals surface area contributed by atoms with E-state index >= 15 is 0 Å². The van der Waals surface area contributed by atoms with E-state index in [1.54, 1.807) is 0 Å². The normalized spacial score (nSPS) is 20.6. The van der Waals surface area contributed by atoms with E-state index in [0.717, 1.165) is 23.6 Å². The third-order valence-electron chi connectivity index (χ3n) is 4.21. The Labute approximate surface area is 130 Å². The average molecular weight is 302 g/mol. The minimum Gasteiger partial charge on any atom is -0.388 e. The molecular formula is C18H20ClNO. The molecule has 21 heavy (non-hydrogen) atoms. The molecule has 2 N–H and O–H groups in total. The van der Waals surface area contributed by atoms with Crippen molar-refractivity contribution in [3.63, 3.8) is 0 Å². The summed E-state index contributed by atoms with van der Waals surface area (Å²) in [5.41, 5.74) is 2.79. The van der Waals surface area contributed by atoms with E-state index in [4.69, 9.17) is 11.6 Å². The Balaban J connectivity index is 1.87. The fourth-order valence-electron chi connectivity index (χ4n) is 3.18. The van der Waals surface area contributed by atoms with E-state index in [1.165, 1.54) is 11.1 Å². The predicted molar refractivity (Wildman–Crippen MR) is 86.7 cm³/mol. The van der Waals surface area contributed by atoms with Gasteiger partial charge in [-0.2, -0.15) is 0 Å². The molecule has 1 aliphatic rings. The van der Waals surface area contributed by atoms with Gasteiger partial charge >= 0.3 is 0 Å². The summed E-state index contributed by atoms with van der Waals surface area (Å²) in [4.78, 5) is 0. The van der Waals surface area contributed by atoms with Crippen LogP contribution in [0.5, 0.6) is 0 Å². The lowest BCUT2D eigenvalue weighted by Gasteiger charge is -2.38. The third kappa shape index (κ3) is 3.13. The molecule has 1 heterocycles. The van der Waals surface area contributed by atoms with Gasteiger partial charge in [0.25, 0.3) is 0 Å². The first-order valence-electron chi connectivity index (χ1n) is 7.34. The highest BCUT2D eigenvalue weighted by Gasteiger charge is 2.35. The fourth-order valence-corrected chi connectivity index (χ4v) is 3.30. The number of fused-ring (bicyclic) bond motifs is 1. The van der Waals surface area contributed by atoms with Gasteiger partial charge in [-0.25, -0.2) is 0 Å². The largest absolute Gasteiger partial charge is 0.388 e. The lowest BCUT2D eigenvalue weighted by Crippen LogP contribution is -2.46. The first kappa shape index (κ1) is 14.6. The van der Waals surface area contributed by atoms with Crippen LogP contribution in [0.1, 0.15) is 29.7 Å². The first-order valence-corrected chi connectivity index (χ1v) is 7.72. The molecule has 3 rings (SSSR count). The molecule has 2 aromatic carbocycles. The lowest BCUT2D eigenvalue weighted by molar-refractivity contribution is 0.0165. The molecule has 3 heteroatoms. The van der Waals surface area contributed by atoms with Crippen molar-refractivity contribution in [3.05, 3.63) is 70.2 Å². The highest BCUT2D eigenvalue weighted by Crippen LogP contribution is 2.33. The Morgan fingerprint density at radius 2 is 1.90 bits per heavy atom. The van der Waals surface area contributed by atoms with Gasteiger partial charge in [0.05, 0.1) is 11.6 Å². The standard InChI is InChI=1S/C18H20ClNO/c1-18(21,12-13-6-8-15(19)9-7-13)17-16-5-3-2-4-14(16)10-11-20-17/h2-9,17,20-21H,10-12H2,1H3. The van der Waals surface area contributed by atoms with Gasteiger partial charge in [0.1, 0.15) is 0 Å². The molecule has 0 aromatic heterocycles. The molecule has 2 atom stereocenters. The molecular weight excluding hydrogens is 282 g/mol. The fraction of sp³-hybridized carbons (Fsp3) is 0.333. The minimum absolute atomic E-state index is 0.0434. The number of hydrogen-bond acceptors (Lipinski definition) is 2. The molecule has 0 aliphatic carbocycles. The summed E-state index contributed by atoms with van der Waals surface area (Å²) in [6, 6.07) is 16.0. The molecule has 2 nitrogen and oxygen atoms in total. The van der Waals surface area contributed by atoms with Crippen LogP contribution in [0.3, 0.4) is 0 Å². The highest BCUT2D eigenvalue weighted by molar-refractivity contribution is 6.30. The number of halogens is 1. The number of rotatable bonds is 3. The van der Waals surface area contributed by atoms with Crippen LogP contribution in [0.25, 0.3) is 0 Å². The summed E-state index contributed by atoms with van der Waals surface area (Å²) in [6.45, 7) is 2.81. The maximum Gasteiger partial charge on any atom is 0.0853 e. The number of hydrogen-bond donors (Lipinski definition) is 2. The molecule has 1 aliphatic heterocycles. The van der Waals surface area contributed by atoms with Gasteiger partial charge in [0, 0.05) is 11.4 Å². The Hall–Kier alpha value is -1.35. The Morgan fingerprint density at radius 1 is 1.19 bits per heavy atom. The van der Waals surface area contributed by atoms with Crippen molar-refractivity contribution in [1.29, 1.82) is 0 Å². The Bertz CT molecular complexity index is 621. The van der Waals surface area contributed by atoms with Crippen molar-refractivity contribution in [2.24, 2.45) is 0 Å². The second-order valence-electron chi connectivity index (χ2n) is 6.00. The number of benzene rings is 2. The van der Waals surface area contributed by atoms with E-state index in [1.807, 2.05) is 37.3 Å². The predicted octanol–water partition coefficient (Wildman–Crippen LogP) is 3.52. The molecule has 0 amide bonds. The van der Waals surface area contributed by atoms with Crippen molar-refractivity contribution in [3.8, 4) is 0 Å². The molecule has 0 fully saturated rings. The zero-order valence-corrected chi connectivity index (χ0v) is 12.9. The van der Waals surface area contributed by atoms with Gasteiger partial charge in [-0.1, -0.05) is 48.0 Å².